The minimum absolute atomic E-state index is 0. The van der Waals surface area contributed by atoms with E-state index in [-0.39, 0.29) is 18.8 Å². The molecule has 1 N–H and O–H groups in total. The quantitative estimate of drug-likeness (QED) is 0.828. The predicted molar refractivity (Wildman–Crippen MR) is 66.3 cm³/mol. The summed E-state index contributed by atoms with van der Waals surface area (Å²) in [5.74, 6) is -2.64. The molecule has 90 valence electrons. The highest BCUT2D eigenvalue weighted by atomic mass is 79.9. The summed E-state index contributed by atoms with van der Waals surface area (Å²) in [4.78, 5) is 0. The van der Waals surface area contributed by atoms with Gasteiger partial charge in [-0.25, -0.2) is 8.78 Å². The molecule has 1 heterocycles. The molecule has 1 nitrogen and oxygen atoms in total. The van der Waals surface area contributed by atoms with E-state index in [1.165, 1.54) is 0 Å². The van der Waals surface area contributed by atoms with Crippen molar-refractivity contribution in [2.24, 2.45) is 0 Å². The maximum Gasteiger partial charge on any atom is 0.267 e. The van der Waals surface area contributed by atoms with E-state index in [1.54, 1.807) is 18.2 Å². The SMILES string of the molecule is Cl.FC1(F)CCCNC1c1cccc(Br)c1. The van der Waals surface area contributed by atoms with E-state index in [2.05, 4.69) is 21.2 Å². The average Bonchev–Trinajstić information content (AvgIpc) is 2.17. The molecule has 1 atom stereocenters. The Morgan fingerprint density at radius 1 is 1.38 bits per heavy atom. The molecule has 0 saturated carbocycles. The number of hydrogen-bond donors (Lipinski definition) is 1. The van der Waals surface area contributed by atoms with Crippen LogP contribution in [0.5, 0.6) is 0 Å². The van der Waals surface area contributed by atoms with Gasteiger partial charge in [0.05, 0.1) is 6.04 Å². The van der Waals surface area contributed by atoms with Crippen LogP contribution in [0, 0.1) is 0 Å². The van der Waals surface area contributed by atoms with Gasteiger partial charge in [-0.3, -0.25) is 0 Å². The van der Waals surface area contributed by atoms with Crippen molar-refractivity contribution >= 4 is 28.3 Å². The zero-order chi connectivity index (χ0) is 10.9. The van der Waals surface area contributed by atoms with Gasteiger partial charge in [-0.1, -0.05) is 28.1 Å². The molecule has 0 radical (unpaired) electrons. The van der Waals surface area contributed by atoms with E-state index in [9.17, 15) is 8.78 Å². The first-order chi connectivity index (χ1) is 7.09. The molecular formula is C11H13BrClF2N. The number of alkyl halides is 2. The van der Waals surface area contributed by atoms with Crippen molar-refractivity contribution in [1.29, 1.82) is 0 Å². The highest BCUT2D eigenvalue weighted by molar-refractivity contribution is 9.10. The van der Waals surface area contributed by atoms with Crippen LogP contribution >= 0.6 is 28.3 Å². The van der Waals surface area contributed by atoms with E-state index in [1.807, 2.05) is 6.07 Å². The summed E-state index contributed by atoms with van der Waals surface area (Å²) in [7, 11) is 0. The summed E-state index contributed by atoms with van der Waals surface area (Å²) < 4.78 is 28.1. The highest BCUT2D eigenvalue weighted by Gasteiger charge is 2.42. The van der Waals surface area contributed by atoms with Crippen molar-refractivity contribution < 1.29 is 8.78 Å². The van der Waals surface area contributed by atoms with Crippen molar-refractivity contribution in [1.82, 2.24) is 5.32 Å². The molecule has 1 aromatic carbocycles. The molecule has 1 aromatic rings. The summed E-state index contributed by atoms with van der Waals surface area (Å²) in [5.41, 5.74) is 0.647. The Morgan fingerprint density at radius 2 is 2.12 bits per heavy atom. The average molecular weight is 313 g/mol. The summed E-state index contributed by atoms with van der Waals surface area (Å²) in [6.07, 6.45) is 0.509. The van der Waals surface area contributed by atoms with Crippen LogP contribution in [-0.2, 0) is 0 Å². The molecule has 0 bridgehead atoms. The standard InChI is InChI=1S/C11H12BrF2N.ClH/c12-9-4-1-3-8(7-9)10-11(13,14)5-2-6-15-10;/h1,3-4,7,10,15H,2,5-6H2;1H. The topological polar surface area (TPSA) is 12.0 Å². The minimum Gasteiger partial charge on any atom is -0.305 e. The van der Waals surface area contributed by atoms with Gasteiger partial charge in [-0.05, 0) is 30.7 Å². The molecule has 1 aliphatic heterocycles. The zero-order valence-corrected chi connectivity index (χ0v) is 11.0. The molecule has 0 aromatic heterocycles. The molecule has 0 amide bonds. The van der Waals surface area contributed by atoms with Crippen LogP contribution in [-0.4, -0.2) is 12.5 Å². The lowest BCUT2D eigenvalue weighted by atomic mass is 9.94. The third-order valence-corrected chi connectivity index (χ3v) is 3.13. The van der Waals surface area contributed by atoms with Crippen molar-refractivity contribution in [3.63, 3.8) is 0 Å². The monoisotopic (exact) mass is 311 g/mol. The lowest BCUT2D eigenvalue weighted by Gasteiger charge is -2.32. The second-order valence-electron chi connectivity index (χ2n) is 3.81. The van der Waals surface area contributed by atoms with Gasteiger partial charge in [-0.2, -0.15) is 0 Å². The number of hydrogen-bond acceptors (Lipinski definition) is 1. The van der Waals surface area contributed by atoms with Gasteiger partial charge in [0.15, 0.2) is 0 Å². The van der Waals surface area contributed by atoms with Gasteiger partial charge in [0, 0.05) is 10.9 Å². The Hall–Kier alpha value is -0.190. The molecular weight excluding hydrogens is 299 g/mol. The van der Waals surface area contributed by atoms with Crippen LogP contribution in [0.2, 0.25) is 0 Å². The fourth-order valence-corrected chi connectivity index (χ4v) is 2.33. The highest BCUT2D eigenvalue weighted by Crippen LogP contribution is 2.38. The summed E-state index contributed by atoms with van der Waals surface area (Å²) in [6, 6.07) is 6.26. The van der Waals surface area contributed by atoms with Crippen LogP contribution in [0.15, 0.2) is 28.7 Å². The second kappa shape index (κ2) is 5.43. The van der Waals surface area contributed by atoms with Crippen molar-refractivity contribution in [3.8, 4) is 0 Å². The maximum absolute atomic E-state index is 13.6. The van der Waals surface area contributed by atoms with Gasteiger partial charge in [0.25, 0.3) is 5.92 Å². The van der Waals surface area contributed by atoms with Crippen LogP contribution < -0.4 is 5.32 Å². The normalized spacial score (nSPS) is 23.6. The van der Waals surface area contributed by atoms with E-state index in [4.69, 9.17) is 0 Å². The minimum atomic E-state index is -2.64. The molecule has 1 unspecified atom stereocenters. The Bertz CT molecular complexity index is 360. The van der Waals surface area contributed by atoms with E-state index in [0.717, 1.165) is 4.47 Å². The van der Waals surface area contributed by atoms with Gasteiger partial charge >= 0.3 is 0 Å². The van der Waals surface area contributed by atoms with Gasteiger partial charge in [0.1, 0.15) is 0 Å². The molecule has 1 aliphatic rings. The molecule has 1 fully saturated rings. The summed E-state index contributed by atoms with van der Waals surface area (Å²) >= 11 is 3.29. The predicted octanol–water partition coefficient (Wildman–Crippen LogP) is 3.93. The third kappa shape index (κ3) is 2.93. The van der Waals surface area contributed by atoms with E-state index in [0.29, 0.717) is 18.5 Å². The van der Waals surface area contributed by atoms with Crippen molar-refractivity contribution in [3.05, 3.63) is 34.3 Å². The van der Waals surface area contributed by atoms with Gasteiger partial charge in [-0.15, -0.1) is 12.4 Å². The molecule has 16 heavy (non-hydrogen) atoms. The number of rotatable bonds is 1. The lowest BCUT2D eigenvalue weighted by Crippen LogP contribution is -2.42. The maximum atomic E-state index is 13.6. The number of nitrogens with one attached hydrogen (secondary N) is 1. The van der Waals surface area contributed by atoms with Crippen molar-refractivity contribution in [2.75, 3.05) is 6.54 Å². The Balaban J connectivity index is 0.00000128. The van der Waals surface area contributed by atoms with Crippen LogP contribution in [0.3, 0.4) is 0 Å². The fourth-order valence-electron chi connectivity index (χ4n) is 1.91. The van der Waals surface area contributed by atoms with Crippen LogP contribution in [0.4, 0.5) is 8.78 Å². The number of benzene rings is 1. The number of halogens is 4. The smallest absolute Gasteiger partial charge is 0.267 e. The first kappa shape index (κ1) is 13.9. The first-order valence-corrected chi connectivity index (χ1v) is 5.75. The Morgan fingerprint density at radius 3 is 2.75 bits per heavy atom. The molecule has 1 saturated heterocycles. The lowest BCUT2D eigenvalue weighted by molar-refractivity contribution is -0.0620. The van der Waals surface area contributed by atoms with E-state index < -0.39 is 12.0 Å². The van der Waals surface area contributed by atoms with Crippen molar-refractivity contribution in [2.45, 2.75) is 24.8 Å². The Labute approximate surface area is 108 Å². The molecule has 0 aliphatic carbocycles. The summed E-state index contributed by atoms with van der Waals surface area (Å²) in [6.45, 7) is 0.659. The Kier molecular flexibility index (Phi) is 4.71. The molecule has 5 heteroatoms. The molecule has 0 spiro atoms. The second-order valence-corrected chi connectivity index (χ2v) is 4.72. The zero-order valence-electron chi connectivity index (χ0n) is 8.55. The van der Waals surface area contributed by atoms with Crippen LogP contribution in [0.1, 0.15) is 24.4 Å². The largest absolute Gasteiger partial charge is 0.305 e. The molecule has 2 rings (SSSR count). The van der Waals surface area contributed by atoms with Gasteiger partial charge < -0.3 is 5.32 Å². The van der Waals surface area contributed by atoms with Crippen LogP contribution in [0.25, 0.3) is 0 Å². The summed E-state index contributed by atoms with van der Waals surface area (Å²) in [5, 5.41) is 2.88. The van der Waals surface area contributed by atoms with E-state index >= 15 is 0 Å². The first-order valence-electron chi connectivity index (χ1n) is 4.96. The third-order valence-electron chi connectivity index (χ3n) is 2.64. The number of piperidine rings is 1. The van der Waals surface area contributed by atoms with Gasteiger partial charge in [0.2, 0.25) is 0 Å². The fraction of sp³-hybridized carbons (Fsp3) is 0.455.